The van der Waals surface area contributed by atoms with E-state index in [1.165, 1.54) is 0 Å². The van der Waals surface area contributed by atoms with Gasteiger partial charge < -0.3 is 16.4 Å². The Kier molecular flexibility index (Phi) is 6.25. The number of hydrogen-bond donors (Lipinski definition) is 4. The second-order valence-corrected chi connectivity index (χ2v) is 6.59. The Hall–Kier alpha value is -3.65. The number of nitrogens with zero attached hydrogens (tertiary/aromatic N) is 1. The number of benzene rings is 2. The number of nitrogens with two attached hydrogens (primary N) is 1. The van der Waals surface area contributed by atoms with Crippen LogP contribution in [0, 0.1) is 0 Å². The third-order valence-electron chi connectivity index (χ3n) is 4.02. The van der Waals surface area contributed by atoms with E-state index in [4.69, 9.17) is 17.3 Å². The number of H-pyrrole nitrogens is 1. The van der Waals surface area contributed by atoms with Gasteiger partial charge in [-0.1, -0.05) is 35.9 Å². The van der Waals surface area contributed by atoms with E-state index in [2.05, 4.69) is 20.8 Å². The van der Waals surface area contributed by atoms with E-state index >= 15 is 0 Å². The Balaban J connectivity index is 1.73. The van der Waals surface area contributed by atoms with Crippen LogP contribution in [0.2, 0.25) is 5.02 Å². The summed E-state index contributed by atoms with van der Waals surface area (Å²) < 4.78 is 0. The standard InChI is InChI=1S/C20H18ClN5O3/c21-13-5-3-4-12(10-13)16-11-17(26-25-16)20(29)24-15-7-2-1-6-14(15)19(28)23-9-8-18(22)27/h1-7,10-11H,8-9H2,(H2,22,27)(H,23,28)(H,24,29)(H,25,26). The highest BCUT2D eigenvalue weighted by Gasteiger charge is 2.16. The van der Waals surface area contributed by atoms with Gasteiger partial charge in [0.25, 0.3) is 11.8 Å². The van der Waals surface area contributed by atoms with Gasteiger partial charge >= 0.3 is 0 Å². The summed E-state index contributed by atoms with van der Waals surface area (Å²) in [6, 6.07) is 15.2. The number of carbonyl (C=O) groups excluding carboxylic acids is 3. The quantitative estimate of drug-likeness (QED) is 0.476. The van der Waals surface area contributed by atoms with Crippen molar-refractivity contribution < 1.29 is 14.4 Å². The maximum Gasteiger partial charge on any atom is 0.273 e. The van der Waals surface area contributed by atoms with Crippen molar-refractivity contribution in [2.45, 2.75) is 6.42 Å². The number of primary amides is 1. The van der Waals surface area contributed by atoms with E-state index in [9.17, 15) is 14.4 Å². The molecule has 0 fully saturated rings. The van der Waals surface area contributed by atoms with Gasteiger partial charge in [-0.05, 0) is 30.3 Å². The number of anilines is 1. The van der Waals surface area contributed by atoms with Crippen molar-refractivity contribution >= 4 is 35.0 Å². The molecule has 29 heavy (non-hydrogen) atoms. The molecule has 2 aromatic carbocycles. The molecule has 1 aromatic heterocycles. The first kappa shape index (κ1) is 20.1. The summed E-state index contributed by atoms with van der Waals surface area (Å²) in [7, 11) is 0. The topological polar surface area (TPSA) is 130 Å². The van der Waals surface area contributed by atoms with Crippen LogP contribution >= 0.6 is 11.6 Å². The molecule has 0 bridgehead atoms. The van der Waals surface area contributed by atoms with E-state index in [1.807, 2.05) is 6.07 Å². The number of rotatable bonds is 7. The second-order valence-electron chi connectivity index (χ2n) is 6.15. The number of aromatic amines is 1. The first-order chi connectivity index (χ1) is 13.9. The monoisotopic (exact) mass is 411 g/mol. The first-order valence-electron chi connectivity index (χ1n) is 8.72. The summed E-state index contributed by atoms with van der Waals surface area (Å²) in [6.07, 6.45) is 0.0285. The predicted octanol–water partition coefficient (Wildman–Crippen LogP) is 2.59. The zero-order valence-electron chi connectivity index (χ0n) is 15.2. The first-order valence-corrected chi connectivity index (χ1v) is 9.10. The largest absolute Gasteiger partial charge is 0.370 e. The molecule has 3 aromatic rings. The molecule has 148 valence electrons. The molecule has 0 aliphatic rings. The van der Waals surface area contributed by atoms with Crippen molar-refractivity contribution in [3.8, 4) is 11.3 Å². The number of para-hydroxylation sites is 1. The molecule has 0 saturated carbocycles. The van der Waals surface area contributed by atoms with Gasteiger partial charge in [0, 0.05) is 23.6 Å². The van der Waals surface area contributed by atoms with Crippen LogP contribution in [0.3, 0.4) is 0 Å². The summed E-state index contributed by atoms with van der Waals surface area (Å²) >= 11 is 5.99. The number of amides is 3. The fourth-order valence-corrected chi connectivity index (χ4v) is 2.80. The van der Waals surface area contributed by atoms with E-state index in [0.717, 1.165) is 5.56 Å². The van der Waals surface area contributed by atoms with Crippen molar-refractivity contribution in [1.29, 1.82) is 0 Å². The molecule has 8 nitrogen and oxygen atoms in total. The average Bonchev–Trinajstić information content (AvgIpc) is 3.18. The smallest absolute Gasteiger partial charge is 0.273 e. The van der Waals surface area contributed by atoms with Gasteiger partial charge in [0.2, 0.25) is 5.91 Å². The molecule has 3 amide bonds. The van der Waals surface area contributed by atoms with Crippen LogP contribution in [0.25, 0.3) is 11.3 Å². The summed E-state index contributed by atoms with van der Waals surface area (Å²) in [5.41, 5.74) is 7.21. The van der Waals surface area contributed by atoms with E-state index in [0.29, 0.717) is 16.4 Å². The highest BCUT2D eigenvalue weighted by atomic mass is 35.5. The molecular weight excluding hydrogens is 394 g/mol. The molecule has 0 aliphatic carbocycles. The molecule has 0 atom stereocenters. The van der Waals surface area contributed by atoms with Crippen LogP contribution in [-0.4, -0.2) is 34.5 Å². The minimum Gasteiger partial charge on any atom is -0.370 e. The van der Waals surface area contributed by atoms with Crippen molar-refractivity contribution in [3.63, 3.8) is 0 Å². The lowest BCUT2D eigenvalue weighted by atomic mass is 10.1. The van der Waals surface area contributed by atoms with Crippen LogP contribution in [-0.2, 0) is 4.79 Å². The number of halogens is 1. The highest BCUT2D eigenvalue weighted by molar-refractivity contribution is 6.30. The lowest BCUT2D eigenvalue weighted by molar-refractivity contribution is -0.117. The van der Waals surface area contributed by atoms with Crippen molar-refractivity contribution in [2.75, 3.05) is 11.9 Å². The van der Waals surface area contributed by atoms with Gasteiger partial charge in [-0.25, -0.2) is 0 Å². The molecule has 5 N–H and O–H groups in total. The Morgan fingerprint density at radius 2 is 1.83 bits per heavy atom. The van der Waals surface area contributed by atoms with Gasteiger partial charge in [-0.2, -0.15) is 5.10 Å². The van der Waals surface area contributed by atoms with Gasteiger partial charge in [0.15, 0.2) is 0 Å². The van der Waals surface area contributed by atoms with Crippen LogP contribution in [0.15, 0.2) is 54.6 Å². The normalized spacial score (nSPS) is 10.4. The third kappa shape index (κ3) is 5.20. The fraction of sp³-hybridized carbons (Fsp3) is 0.100. The Bertz CT molecular complexity index is 1060. The fourth-order valence-electron chi connectivity index (χ4n) is 2.61. The number of hydrogen-bond acceptors (Lipinski definition) is 4. The van der Waals surface area contributed by atoms with E-state index in [1.54, 1.807) is 48.5 Å². The van der Waals surface area contributed by atoms with Gasteiger partial charge in [-0.15, -0.1) is 0 Å². The SMILES string of the molecule is NC(=O)CCNC(=O)c1ccccc1NC(=O)c1cc(-c2cccc(Cl)c2)n[nH]1. The number of carbonyl (C=O) groups is 3. The van der Waals surface area contributed by atoms with E-state index in [-0.39, 0.29) is 24.2 Å². The van der Waals surface area contributed by atoms with Crippen molar-refractivity contribution in [2.24, 2.45) is 5.73 Å². The van der Waals surface area contributed by atoms with Crippen LogP contribution in [0.5, 0.6) is 0 Å². The van der Waals surface area contributed by atoms with E-state index < -0.39 is 17.7 Å². The molecule has 9 heteroatoms. The minimum absolute atomic E-state index is 0.0285. The zero-order chi connectivity index (χ0) is 20.8. The predicted molar refractivity (Wildman–Crippen MR) is 110 cm³/mol. The maximum atomic E-state index is 12.6. The van der Waals surface area contributed by atoms with Gasteiger partial charge in [0.1, 0.15) is 5.69 Å². The Morgan fingerprint density at radius 1 is 1.03 bits per heavy atom. The summed E-state index contributed by atoms with van der Waals surface area (Å²) in [4.78, 5) is 35.7. The maximum absolute atomic E-state index is 12.6. The molecule has 0 aliphatic heterocycles. The summed E-state index contributed by atoms with van der Waals surface area (Å²) in [5, 5.41) is 12.7. The number of aromatic nitrogens is 2. The van der Waals surface area contributed by atoms with Crippen molar-refractivity contribution in [3.05, 3.63) is 70.9 Å². The van der Waals surface area contributed by atoms with Crippen LogP contribution in [0.4, 0.5) is 5.69 Å². The molecule has 0 unspecified atom stereocenters. The van der Waals surface area contributed by atoms with Gasteiger partial charge in [-0.3, -0.25) is 19.5 Å². The second kappa shape index (κ2) is 9.03. The molecule has 0 radical (unpaired) electrons. The third-order valence-corrected chi connectivity index (χ3v) is 4.25. The molecule has 3 rings (SSSR count). The average molecular weight is 412 g/mol. The lowest BCUT2D eigenvalue weighted by Crippen LogP contribution is -2.28. The minimum atomic E-state index is -0.512. The lowest BCUT2D eigenvalue weighted by Gasteiger charge is -2.10. The molecular formula is C20H18ClN5O3. The van der Waals surface area contributed by atoms with Crippen LogP contribution in [0.1, 0.15) is 27.3 Å². The number of nitrogens with one attached hydrogen (secondary N) is 3. The van der Waals surface area contributed by atoms with Crippen molar-refractivity contribution in [1.82, 2.24) is 15.5 Å². The molecule has 1 heterocycles. The molecule has 0 saturated heterocycles. The summed E-state index contributed by atoms with van der Waals surface area (Å²) in [5.74, 6) is -1.39. The molecule has 0 spiro atoms. The van der Waals surface area contributed by atoms with Gasteiger partial charge in [0.05, 0.1) is 16.9 Å². The Morgan fingerprint density at radius 3 is 2.59 bits per heavy atom. The Labute approximate surface area is 171 Å². The highest BCUT2D eigenvalue weighted by Crippen LogP contribution is 2.22. The summed E-state index contributed by atoms with van der Waals surface area (Å²) in [6.45, 7) is 0.111. The van der Waals surface area contributed by atoms with Crippen LogP contribution < -0.4 is 16.4 Å². The zero-order valence-corrected chi connectivity index (χ0v) is 16.0.